The van der Waals surface area contributed by atoms with Crippen LogP contribution in [0, 0.1) is 6.61 Å². The third-order valence-corrected chi connectivity index (χ3v) is 0.952. The van der Waals surface area contributed by atoms with Gasteiger partial charge in [-0.2, -0.15) is 6.42 Å². The maximum Gasteiger partial charge on any atom is 1.00 e. The SMILES string of the molecule is [CH-]1CCCCO1.[Li+]. The molecule has 1 aliphatic rings. The van der Waals surface area contributed by atoms with Gasteiger partial charge in [-0.25, -0.2) is 6.61 Å². The van der Waals surface area contributed by atoms with Gasteiger partial charge in [-0.05, 0) is 6.42 Å². The van der Waals surface area contributed by atoms with Crippen LogP contribution in [0.1, 0.15) is 19.3 Å². The fourth-order valence-corrected chi connectivity index (χ4v) is 0.580. The molecule has 0 aromatic heterocycles. The summed E-state index contributed by atoms with van der Waals surface area (Å²) < 4.78 is 4.94. The van der Waals surface area contributed by atoms with E-state index in [9.17, 15) is 0 Å². The van der Waals surface area contributed by atoms with Gasteiger partial charge < -0.3 is 4.74 Å². The fourth-order valence-electron chi connectivity index (χ4n) is 0.580. The van der Waals surface area contributed by atoms with Gasteiger partial charge in [0.2, 0.25) is 0 Å². The number of hydrogen-bond donors (Lipinski definition) is 0. The Labute approximate surface area is 56.6 Å². The Morgan fingerprint density at radius 3 is 2.29 bits per heavy atom. The molecule has 0 spiro atoms. The predicted molar refractivity (Wildman–Crippen MR) is 24.1 cm³/mol. The molecule has 1 fully saturated rings. The first-order chi connectivity index (χ1) is 3.00. The zero-order valence-electron chi connectivity index (χ0n) is 4.81. The minimum Gasteiger partial charge on any atom is -0.552 e. The van der Waals surface area contributed by atoms with Gasteiger partial charge in [0, 0.05) is 6.61 Å². The average molecular weight is 92.1 g/mol. The molecule has 1 saturated heterocycles. The van der Waals surface area contributed by atoms with Crippen LogP contribution in [0.2, 0.25) is 0 Å². The normalized spacial score (nSPS) is 20.6. The van der Waals surface area contributed by atoms with Crippen molar-refractivity contribution in [1.29, 1.82) is 0 Å². The second kappa shape index (κ2) is 4.71. The van der Waals surface area contributed by atoms with E-state index >= 15 is 0 Å². The van der Waals surface area contributed by atoms with Crippen molar-refractivity contribution in [2.45, 2.75) is 19.3 Å². The Hall–Kier alpha value is 0.557. The summed E-state index contributed by atoms with van der Waals surface area (Å²) in [6.45, 7) is 2.84. The van der Waals surface area contributed by atoms with Gasteiger partial charge in [0.05, 0.1) is 0 Å². The summed E-state index contributed by atoms with van der Waals surface area (Å²) in [7, 11) is 0. The van der Waals surface area contributed by atoms with E-state index in [1.807, 2.05) is 6.61 Å². The number of ether oxygens (including phenoxy) is 1. The van der Waals surface area contributed by atoms with Gasteiger partial charge in [0.1, 0.15) is 0 Å². The predicted octanol–water partition coefficient (Wildman–Crippen LogP) is -1.65. The minimum atomic E-state index is 0. The monoisotopic (exact) mass is 92.1 g/mol. The van der Waals surface area contributed by atoms with Crippen LogP contribution >= 0.6 is 0 Å². The van der Waals surface area contributed by atoms with Crippen molar-refractivity contribution < 1.29 is 23.6 Å². The van der Waals surface area contributed by atoms with Crippen LogP contribution in [0.4, 0.5) is 0 Å². The number of hydrogen-bond acceptors (Lipinski definition) is 1. The molecule has 36 valence electrons. The number of rotatable bonds is 0. The molecule has 0 atom stereocenters. The molecule has 1 heterocycles. The van der Waals surface area contributed by atoms with Gasteiger partial charge in [0.15, 0.2) is 0 Å². The molecule has 0 aliphatic carbocycles. The molecule has 0 aromatic carbocycles. The minimum absolute atomic E-state index is 0. The van der Waals surface area contributed by atoms with E-state index < -0.39 is 0 Å². The maximum atomic E-state index is 4.94. The molecular formula is C5H9LiO. The molecule has 0 bridgehead atoms. The molecule has 0 saturated carbocycles. The summed E-state index contributed by atoms with van der Waals surface area (Å²) >= 11 is 0. The van der Waals surface area contributed by atoms with Crippen molar-refractivity contribution in [3.8, 4) is 0 Å². The topological polar surface area (TPSA) is 9.23 Å². The van der Waals surface area contributed by atoms with Crippen LogP contribution in [0.5, 0.6) is 0 Å². The van der Waals surface area contributed by atoms with Crippen molar-refractivity contribution in [2.75, 3.05) is 6.61 Å². The van der Waals surface area contributed by atoms with Gasteiger partial charge in [0.25, 0.3) is 0 Å². The summed E-state index contributed by atoms with van der Waals surface area (Å²) in [5, 5.41) is 0. The van der Waals surface area contributed by atoms with Crippen LogP contribution in [0.25, 0.3) is 0 Å². The molecule has 1 nitrogen and oxygen atoms in total. The van der Waals surface area contributed by atoms with Crippen LogP contribution in [0.3, 0.4) is 0 Å². The van der Waals surface area contributed by atoms with Gasteiger partial charge in [-0.1, -0.05) is 6.42 Å². The third-order valence-electron chi connectivity index (χ3n) is 0.952. The Morgan fingerprint density at radius 1 is 1.29 bits per heavy atom. The average Bonchev–Trinajstić information content (AvgIpc) is 1.72. The first-order valence-electron chi connectivity index (χ1n) is 2.43. The Bertz CT molecular complexity index is 23.6. The molecule has 7 heavy (non-hydrogen) atoms. The van der Waals surface area contributed by atoms with E-state index in [-0.39, 0.29) is 18.9 Å². The molecule has 0 amide bonds. The molecule has 2 heteroatoms. The molecule has 0 N–H and O–H groups in total. The summed E-state index contributed by atoms with van der Waals surface area (Å²) in [5.41, 5.74) is 0. The molecule has 1 aliphatic heterocycles. The summed E-state index contributed by atoms with van der Waals surface area (Å²) in [5.74, 6) is 0. The van der Waals surface area contributed by atoms with E-state index in [1.54, 1.807) is 0 Å². The molecule has 0 radical (unpaired) electrons. The van der Waals surface area contributed by atoms with Crippen molar-refractivity contribution >= 4 is 0 Å². The zero-order chi connectivity index (χ0) is 4.24. The summed E-state index contributed by atoms with van der Waals surface area (Å²) in [6.07, 6.45) is 3.72. The van der Waals surface area contributed by atoms with Crippen LogP contribution in [-0.2, 0) is 4.74 Å². The van der Waals surface area contributed by atoms with E-state index in [2.05, 4.69) is 0 Å². The fraction of sp³-hybridized carbons (Fsp3) is 0.800. The Kier molecular flexibility index (Phi) is 5.08. The molecule has 0 aromatic rings. The van der Waals surface area contributed by atoms with E-state index in [4.69, 9.17) is 4.74 Å². The van der Waals surface area contributed by atoms with Crippen LogP contribution < -0.4 is 18.9 Å². The Balaban J connectivity index is 0.000000360. The van der Waals surface area contributed by atoms with E-state index in [0.717, 1.165) is 13.0 Å². The van der Waals surface area contributed by atoms with Crippen LogP contribution in [0.15, 0.2) is 0 Å². The molecule has 0 unspecified atom stereocenters. The van der Waals surface area contributed by atoms with Crippen molar-refractivity contribution in [2.24, 2.45) is 0 Å². The standard InChI is InChI=1S/C5H9O.Li/c1-2-4-6-5-3-1;/h4H,1-3,5H2;/q-1;+1. The van der Waals surface area contributed by atoms with Gasteiger partial charge in [-0.15, -0.1) is 0 Å². The van der Waals surface area contributed by atoms with Crippen LogP contribution in [-0.4, -0.2) is 6.61 Å². The Morgan fingerprint density at radius 2 is 2.14 bits per heavy atom. The first kappa shape index (κ1) is 7.56. The first-order valence-corrected chi connectivity index (χ1v) is 2.43. The van der Waals surface area contributed by atoms with Crippen molar-refractivity contribution in [3.05, 3.63) is 6.61 Å². The quantitative estimate of drug-likeness (QED) is 0.257. The van der Waals surface area contributed by atoms with E-state index in [1.165, 1.54) is 12.8 Å². The van der Waals surface area contributed by atoms with E-state index in [0.29, 0.717) is 0 Å². The van der Waals surface area contributed by atoms with Gasteiger partial charge in [-0.3, -0.25) is 0 Å². The molecular weight excluding hydrogens is 83.0 g/mol. The van der Waals surface area contributed by atoms with Crippen molar-refractivity contribution in [1.82, 2.24) is 0 Å². The molecule has 1 rings (SSSR count). The smallest absolute Gasteiger partial charge is 0.552 e. The largest absolute Gasteiger partial charge is 1.00 e. The van der Waals surface area contributed by atoms with Crippen molar-refractivity contribution in [3.63, 3.8) is 0 Å². The summed E-state index contributed by atoms with van der Waals surface area (Å²) in [4.78, 5) is 0. The van der Waals surface area contributed by atoms with Gasteiger partial charge >= 0.3 is 18.9 Å². The second-order valence-corrected chi connectivity index (χ2v) is 1.53. The maximum absolute atomic E-state index is 4.94. The third kappa shape index (κ3) is 3.17. The second-order valence-electron chi connectivity index (χ2n) is 1.53. The summed E-state index contributed by atoms with van der Waals surface area (Å²) in [6, 6.07) is 0. The zero-order valence-corrected chi connectivity index (χ0v) is 4.81.